The molecule has 0 atom stereocenters. The van der Waals surface area contributed by atoms with Gasteiger partial charge in [0.15, 0.2) is 0 Å². The third-order valence-corrected chi connectivity index (χ3v) is 6.63. The number of rotatable bonds is 5. The summed E-state index contributed by atoms with van der Waals surface area (Å²) in [6.45, 7) is 2.70. The molecule has 4 aromatic rings. The van der Waals surface area contributed by atoms with Crippen LogP contribution in [0.5, 0.6) is 0 Å². The second-order valence-corrected chi connectivity index (χ2v) is 8.89. The summed E-state index contributed by atoms with van der Waals surface area (Å²) in [6, 6.07) is 15.9. The van der Waals surface area contributed by atoms with Gasteiger partial charge in [0.1, 0.15) is 0 Å². The first-order valence-corrected chi connectivity index (χ1v) is 11.4. The number of aromatic nitrogens is 5. The quantitative estimate of drug-likeness (QED) is 0.445. The minimum atomic E-state index is 0.0543. The number of tetrazole rings is 1. The average molecular weight is 435 g/mol. The number of carbonyl (C=O) groups excluding carboxylic acids is 1. The third kappa shape index (κ3) is 3.61. The van der Waals surface area contributed by atoms with Crippen LogP contribution >= 0.6 is 23.1 Å². The van der Waals surface area contributed by atoms with E-state index in [4.69, 9.17) is 0 Å². The number of anilines is 1. The highest BCUT2D eigenvalue weighted by molar-refractivity contribution is 7.99. The lowest BCUT2D eigenvalue weighted by atomic mass is 10.1. The van der Waals surface area contributed by atoms with Crippen molar-refractivity contribution in [2.45, 2.75) is 18.5 Å². The topological polar surface area (TPSA) is 76.8 Å². The fraction of sp³-hybridized carbons (Fsp3) is 0.190. The van der Waals surface area contributed by atoms with Gasteiger partial charge in [0.25, 0.3) is 0 Å². The number of nitrogens with zero attached hydrogens (tertiary/aromatic N) is 6. The molecule has 0 N–H and O–H groups in total. The molecule has 0 aliphatic carbocycles. The van der Waals surface area contributed by atoms with E-state index < -0.39 is 0 Å². The van der Waals surface area contributed by atoms with E-state index in [0.29, 0.717) is 11.7 Å². The van der Waals surface area contributed by atoms with Gasteiger partial charge in [0, 0.05) is 23.2 Å². The molecule has 5 rings (SSSR count). The molecule has 2 aromatic carbocycles. The fourth-order valence-electron chi connectivity index (χ4n) is 3.52. The molecular weight excluding hydrogens is 416 g/mol. The molecule has 9 heteroatoms. The molecule has 0 saturated carbocycles. The highest BCUT2D eigenvalue weighted by atomic mass is 32.2. The molecular formula is C21H18N6OS2. The summed E-state index contributed by atoms with van der Waals surface area (Å²) >= 11 is 2.99. The molecule has 7 nitrogen and oxygen atoms in total. The average Bonchev–Trinajstić information content (AvgIpc) is 3.51. The van der Waals surface area contributed by atoms with Gasteiger partial charge in [-0.15, -0.1) is 16.4 Å². The van der Waals surface area contributed by atoms with Crippen molar-refractivity contribution in [1.29, 1.82) is 0 Å². The summed E-state index contributed by atoms with van der Waals surface area (Å²) in [6.07, 6.45) is 0.852. The lowest BCUT2D eigenvalue weighted by Crippen LogP contribution is -2.30. The van der Waals surface area contributed by atoms with E-state index in [1.54, 1.807) is 16.0 Å². The second-order valence-electron chi connectivity index (χ2n) is 6.89. The number of thiazole rings is 1. The normalized spacial score (nSPS) is 12.9. The van der Waals surface area contributed by atoms with E-state index in [-0.39, 0.29) is 11.7 Å². The minimum Gasteiger partial charge on any atom is -0.311 e. The Hall–Kier alpha value is -3.04. The fourth-order valence-corrected chi connectivity index (χ4v) is 4.91. The van der Waals surface area contributed by atoms with Gasteiger partial charge in [-0.3, -0.25) is 4.79 Å². The number of aryl methyl sites for hydroxylation is 1. The van der Waals surface area contributed by atoms with Crippen molar-refractivity contribution in [3.63, 3.8) is 0 Å². The zero-order valence-corrected chi connectivity index (χ0v) is 17.9. The van der Waals surface area contributed by atoms with Crippen molar-refractivity contribution in [2.75, 3.05) is 17.2 Å². The van der Waals surface area contributed by atoms with Crippen LogP contribution in [0.25, 0.3) is 16.9 Å². The number of amides is 1. The Labute approximate surface area is 181 Å². The van der Waals surface area contributed by atoms with Crippen molar-refractivity contribution in [3.05, 3.63) is 64.5 Å². The van der Waals surface area contributed by atoms with Gasteiger partial charge in [-0.2, -0.15) is 4.68 Å². The molecule has 0 bridgehead atoms. The van der Waals surface area contributed by atoms with Crippen molar-refractivity contribution in [1.82, 2.24) is 25.2 Å². The van der Waals surface area contributed by atoms with E-state index in [1.807, 2.05) is 54.3 Å². The predicted molar refractivity (Wildman–Crippen MR) is 118 cm³/mol. The first-order chi connectivity index (χ1) is 14.7. The first kappa shape index (κ1) is 19.0. The summed E-state index contributed by atoms with van der Waals surface area (Å²) in [5.74, 6) is 0.332. The van der Waals surface area contributed by atoms with Crippen LogP contribution in [-0.2, 0) is 11.2 Å². The molecule has 1 amide bonds. The summed E-state index contributed by atoms with van der Waals surface area (Å²) in [4.78, 5) is 19.3. The molecule has 0 saturated heterocycles. The Kier molecular flexibility index (Phi) is 5.06. The maximum absolute atomic E-state index is 12.9. The third-order valence-electron chi connectivity index (χ3n) is 4.96. The van der Waals surface area contributed by atoms with E-state index >= 15 is 0 Å². The largest absolute Gasteiger partial charge is 0.311 e. The van der Waals surface area contributed by atoms with Crippen LogP contribution in [0.3, 0.4) is 0 Å². The van der Waals surface area contributed by atoms with Gasteiger partial charge >= 0.3 is 0 Å². The van der Waals surface area contributed by atoms with Crippen LogP contribution in [0.1, 0.15) is 10.6 Å². The standard InChI is InChI=1S/C21H18N6OS2/c1-14-22-18(12-29-14)15-7-8-19-16(11-15)9-10-26(19)20(28)13-30-21-23-24-25-27(21)17-5-3-2-4-6-17/h2-8,11-12H,9-10,13H2,1H3. The maximum Gasteiger partial charge on any atom is 0.237 e. The number of para-hydroxylation sites is 1. The van der Waals surface area contributed by atoms with Crippen LogP contribution < -0.4 is 4.90 Å². The second kappa shape index (κ2) is 8.00. The van der Waals surface area contributed by atoms with E-state index in [9.17, 15) is 4.79 Å². The number of thioether (sulfide) groups is 1. The van der Waals surface area contributed by atoms with Crippen LogP contribution in [0.15, 0.2) is 59.1 Å². The zero-order valence-electron chi connectivity index (χ0n) is 16.2. The van der Waals surface area contributed by atoms with Crippen molar-refractivity contribution in [2.24, 2.45) is 0 Å². The van der Waals surface area contributed by atoms with Gasteiger partial charge in [0.2, 0.25) is 11.1 Å². The lowest BCUT2D eigenvalue weighted by Gasteiger charge is -2.17. The van der Waals surface area contributed by atoms with Crippen LogP contribution in [0, 0.1) is 6.92 Å². The smallest absolute Gasteiger partial charge is 0.237 e. The number of hydrogen-bond donors (Lipinski definition) is 0. The van der Waals surface area contributed by atoms with Crippen molar-refractivity contribution >= 4 is 34.7 Å². The molecule has 1 aliphatic heterocycles. The number of fused-ring (bicyclic) bond motifs is 1. The first-order valence-electron chi connectivity index (χ1n) is 9.51. The zero-order chi connectivity index (χ0) is 20.5. The van der Waals surface area contributed by atoms with Crippen molar-refractivity contribution in [3.8, 4) is 16.9 Å². The molecule has 150 valence electrons. The summed E-state index contributed by atoms with van der Waals surface area (Å²) in [7, 11) is 0. The maximum atomic E-state index is 12.9. The molecule has 30 heavy (non-hydrogen) atoms. The molecule has 0 spiro atoms. The molecule has 0 unspecified atom stereocenters. The number of carbonyl (C=O) groups is 1. The molecule has 2 aromatic heterocycles. The summed E-state index contributed by atoms with van der Waals surface area (Å²) < 4.78 is 1.65. The van der Waals surface area contributed by atoms with Gasteiger partial charge in [-0.25, -0.2) is 4.98 Å². The predicted octanol–water partition coefficient (Wildman–Crippen LogP) is 3.78. The molecule has 1 aliphatic rings. The number of benzene rings is 2. The van der Waals surface area contributed by atoms with Gasteiger partial charge < -0.3 is 4.90 Å². The minimum absolute atomic E-state index is 0.0543. The van der Waals surface area contributed by atoms with E-state index in [2.05, 4.69) is 32.0 Å². The Balaban J connectivity index is 1.30. The van der Waals surface area contributed by atoms with Gasteiger partial charge in [-0.05, 0) is 53.6 Å². The molecule has 0 fully saturated rings. The summed E-state index contributed by atoms with van der Waals surface area (Å²) in [5.41, 5.74) is 5.13. The lowest BCUT2D eigenvalue weighted by molar-refractivity contribution is -0.116. The van der Waals surface area contributed by atoms with Gasteiger partial charge in [-0.1, -0.05) is 36.0 Å². The highest BCUT2D eigenvalue weighted by Gasteiger charge is 2.25. The highest BCUT2D eigenvalue weighted by Crippen LogP contribution is 2.33. The molecule has 3 heterocycles. The Morgan fingerprint density at radius 2 is 2.07 bits per heavy atom. The Morgan fingerprint density at radius 3 is 2.87 bits per heavy atom. The van der Waals surface area contributed by atoms with Crippen LogP contribution in [0.2, 0.25) is 0 Å². The van der Waals surface area contributed by atoms with E-state index in [1.165, 1.54) is 17.3 Å². The monoisotopic (exact) mass is 434 g/mol. The van der Waals surface area contributed by atoms with Crippen molar-refractivity contribution < 1.29 is 4.79 Å². The van der Waals surface area contributed by atoms with Crippen LogP contribution in [0.4, 0.5) is 5.69 Å². The van der Waals surface area contributed by atoms with Crippen LogP contribution in [-0.4, -0.2) is 43.4 Å². The molecule has 0 radical (unpaired) electrons. The summed E-state index contributed by atoms with van der Waals surface area (Å²) in [5, 5.41) is 15.6. The SMILES string of the molecule is Cc1nc(-c2ccc3c(c2)CCN3C(=O)CSc2nnnn2-c2ccccc2)cs1. The van der Waals surface area contributed by atoms with Gasteiger partial charge in [0.05, 0.1) is 22.1 Å². The number of hydrogen-bond acceptors (Lipinski definition) is 7. The Morgan fingerprint density at radius 1 is 1.20 bits per heavy atom. The van der Waals surface area contributed by atoms with E-state index in [0.717, 1.165) is 34.1 Å². The Bertz CT molecular complexity index is 1200.